The maximum Gasteiger partial charge on any atom is 0.243 e. The Kier molecular flexibility index (Phi) is 6.71. The van der Waals surface area contributed by atoms with E-state index in [0.717, 1.165) is 12.8 Å². The summed E-state index contributed by atoms with van der Waals surface area (Å²) >= 11 is 0. The van der Waals surface area contributed by atoms with Gasteiger partial charge in [-0.25, -0.2) is 8.42 Å². The summed E-state index contributed by atoms with van der Waals surface area (Å²) in [7, 11) is -3.81. The van der Waals surface area contributed by atoms with E-state index in [1.807, 2.05) is 0 Å². The highest BCUT2D eigenvalue weighted by Crippen LogP contribution is 2.34. The summed E-state index contributed by atoms with van der Waals surface area (Å²) in [6.07, 6.45) is 2.85. The van der Waals surface area contributed by atoms with Gasteiger partial charge in [0.05, 0.1) is 4.90 Å². The summed E-state index contributed by atoms with van der Waals surface area (Å²) in [5.74, 6) is 0.725. The summed E-state index contributed by atoms with van der Waals surface area (Å²) in [6.45, 7) is 5.84. The molecule has 0 aromatic heterocycles. The lowest BCUT2D eigenvalue weighted by Gasteiger charge is -2.24. The summed E-state index contributed by atoms with van der Waals surface area (Å²) in [4.78, 5) is 12.9. The van der Waals surface area contributed by atoms with E-state index in [2.05, 4.69) is 37.4 Å². The maximum absolute atomic E-state index is 13.3. The Bertz CT molecular complexity index is 1100. The number of benzene rings is 2. The van der Waals surface area contributed by atoms with E-state index >= 15 is 0 Å². The van der Waals surface area contributed by atoms with Gasteiger partial charge in [0, 0.05) is 19.2 Å². The van der Waals surface area contributed by atoms with Crippen molar-refractivity contribution in [3.63, 3.8) is 0 Å². The largest absolute Gasteiger partial charge is 0.486 e. The Balaban J connectivity index is 1.37. The lowest BCUT2D eigenvalue weighted by Crippen LogP contribution is -2.46. The molecule has 2 heterocycles. The van der Waals surface area contributed by atoms with E-state index < -0.39 is 16.1 Å². The summed E-state index contributed by atoms with van der Waals surface area (Å²) in [5.41, 5.74) is 3.76. The van der Waals surface area contributed by atoms with Crippen molar-refractivity contribution in [1.29, 1.82) is 0 Å². The van der Waals surface area contributed by atoms with E-state index in [4.69, 9.17) is 9.47 Å². The minimum Gasteiger partial charge on any atom is -0.486 e. The van der Waals surface area contributed by atoms with Gasteiger partial charge in [-0.2, -0.15) is 4.31 Å². The van der Waals surface area contributed by atoms with Gasteiger partial charge in [-0.1, -0.05) is 23.8 Å². The molecule has 1 N–H and O–H groups in total. The van der Waals surface area contributed by atoms with Gasteiger partial charge >= 0.3 is 0 Å². The zero-order valence-electron chi connectivity index (χ0n) is 18.6. The number of hydrogen-bond donors (Lipinski definition) is 1. The van der Waals surface area contributed by atoms with Crippen LogP contribution in [0.25, 0.3) is 0 Å². The van der Waals surface area contributed by atoms with E-state index in [-0.39, 0.29) is 10.8 Å². The number of fused-ring (bicyclic) bond motifs is 1. The quantitative estimate of drug-likeness (QED) is 0.645. The molecule has 0 aliphatic carbocycles. The second-order valence-corrected chi connectivity index (χ2v) is 10.3. The first kappa shape index (κ1) is 22.6. The zero-order chi connectivity index (χ0) is 22.7. The van der Waals surface area contributed by atoms with Gasteiger partial charge in [0.25, 0.3) is 0 Å². The monoisotopic (exact) mass is 458 g/mol. The van der Waals surface area contributed by atoms with Crippen LogP contribution in [0.2, 0.25) is 0 Å². The highest BCUT2D eigenvalue weighted by Gasteiger charge is 2.39. The van der Waals surface area contributed by atoms with Crippen LogP contribution in [0.4, 0.5) is 0 Å². The van der Waals surface area contributed by atoms with E-state index in [1.165, 1.54) is 33.1 Å². The second kappa shape index (κ2) is 9.50. The predicted octanol–water partition coefficient (Wildman–Crippen LogP) is 2.98. The summed E-state index contributed by atoms with van der Waals surface area (Å²) in [5, 5.41) is 2.94. The number of amides is 1. The van der Waals surface area contributed by atoms with Crippen LogP contribution in [-0.4, -0.2) is 51.0 Å². The van der Waals surface area contributed by atoms with Crippen molar-refractivity contribution in [3.8, 4) is 11.5 Å². The maximum atomic E-state index is 13.3. The number of nitrogens with zero attached hydrogens (tertiary/aromatic N) is 1. The molecule has 0 spiro atoms. The third kappa shape index (κ3) is 4.76. The molecule has 2 aliphatic heterocycles. The molecule has 1 atom stereocenters. The number of aryl methyl sites for hydroxylation is 3. The molecule has 172 valence electrons. The molecule has 2 aliphatic rings. The highest BCUT2D eigenvalue weighted by atomic mass is 32.2. The lowest BCUT2D eigenvalue weighted by atomic mass is 10.0. The SMILES string of the molecule is Cc1ccc(CCCNC(=O)C2CCCN2S(=O)(=O)c2ccc3c(c2)OCCO3)c(C)c1. The number of carbonyl (C=O) groups excluding carboxylic acids is 1. The fraction of sp³-hybridized carbons (Fsp3) is 0.458. The third-order valence-corrected chi connectivity index (χ3v) is 7.95. The topological polar surface area (TPSA) is 84.9 Å². The van der Waals surface area contributed by atoms with Crippen LogP contribution in [0.3, 0.4) is 0 Å². The summed E-state index contributed by atoms with van der Waals surface area (Å²) < 4.78 is 38.9. The van der Waals surface area contributed by atoms with E-state index in [9.17, 15) is 13.2 Å². The average Bonchev–Trinajstić information content (AvgIpc) is 3.28. The molecule has 1 saturated heterocycles. The molecule has 2 aromatic carbocycles. The molecular weight excluding hydrogens is 428 g/mol. The number of sulfonamides is 1. The van der Waals surface area contributed by atoms with Gasteiger partial charge in [0.2, 0.25) is 15.9 Å². The van der Waals surface area contributed by atoms with Gasteiger partial charge in [0.1, 0.15) is 19.3 Å². The number of ether oxygens (including phenoxy) is 2. The highest BCUT2D eigenvalue weighted by molar-refractivity contribution is 7.89. The van der Waals surface area contributed by atoms with Crippen LogP contribution in [0.1, 0.15) is 36.0 Å². The number of hydrogen-bond acceptors (Lipinski definition) is 5. The first-order valence-electron chi connectivity index (χ1n) is 11.1. The Labute approximate surface area is 189 Å². The summed E-state index contributed by atoms with van der Waals surface area (Å²) in [6, 6.07) is 10.3. The van der Waals surface area contributed by atoms with Gasteiger partial charge in [-0.15, -0.1) is 0 Å². The van der Waals surface area contributed by atoms with Crippen molar-refractivity contribution in [2.45, 2.75) is 50.5 Å². The molecule has 2 aromatic rings. The molecule has 0 radical (unpaired) electrons. The lowest BCUT2D eigenvalue weighted by molar-refractivity contribution is -0.124. The Morgan fingerprint density at radius 2 is 1.88 bits per heavy atom. The van der Waals surface area contributed by atoms with Crippen molar-refractivity contribution >= 4 is 15.9 Å². The predicted molar refractivity (Wildman–Crippen MR) is 122 cm³/mol. The number of carbonyl (C=O) groups is 1. The van der Waals surface area contributed by atoms with Crippen molar-refractivity contribution in [3.05, 3.63) is 53.1 Å². The Morgan fingerprint density at radius 3 is 2.66 bits per heavy atom. The van der Waals surface area contributed by atoms with Crippen LogP contribution in [0.15, 0.2) is 41.3 Å². The standard InChI is InChI=1S/C24H30N2O5S/c1-17-7-8-19(18(2)15-17)5-3-11-25-24(27)21-6-4-12-26(21)32(28,29)20-9-10-22-23(16-20)31-14-13-30-22/h7-10,15-16,21H,3-6,11-14H2,1-2H3,(H,25,27). The molecule has 4 rings (SSSR count). The van der Waals surface area contributed by atoms with Crippen molar-refractivity contribution in [2.24, 2.45) is 0 Å². The van der Waals surface area contributed by atoms with E-state index in [0.29, 0.717) is 50.6 Å². The van der Waals surface area contributed by atoms with Crippen LogP contribution in [0.5, 0.6) is 11.5 Å². The Morgan fingerprint density at radius 1 is 1.09 bits per heavy atom. The van der Waals surface area contributed by atoms with Crippen LogP contribution < -0.4 is 14.8 Å². The van der Waals surface area contributed by atoms with Gasteiger partial charge in [-0.05, 0) is 62.8 Å². The van der Waals surface area contributed by atoms with Crippen molar-refractivity contribution < 1.29 is 22.7 Å². The van der Waals surface area contributed by atoms with Gasteiger partial charge < -0.3 is 14.8 Å². The molecular formula is C24H30N2O5S. The van der Waals surface area contributed by atoms with Crippen molar-refractivity contribution in [2.75, 3.05) is 26.3 Å². The molecule has 0 saturated carbocycles. The Hall–Kier alpha value is -2.58. The first-order chi connectivity index (χ1) is 15.4. The minimum atomic E-state index is -3.81. The smallest absolute Gasteiger partial charge is 0.243 e. The normalized spacial score (nSPS) is 18.5. The third-order valence-electron chi connectivity index (χ3n) is 6.05. The zero-order valence-corrected chi connectivity index (χ0v) is 19.4. The molecule has 0 bridgehead atoms. The fourth-order valence-corrected chi connectivity index (χ4v) is 6.02. The molecule has 32 heavy (non-hydrogen) atoms. The molecule has 1 fully saturated rings. The molecule has 1 amide bonds. The fourth-order valence-electron chi connectivity index (χ4n) is 4.34. The number of rotatable bonds is 7. The molecule has 1 unspecified atom stereocenters. The van der Waals surface area contributed by atoms with Crippen LogP contribution in [-0.2, 0) is 21.2 Å². The van der Waals surface area contributed by atoms with E-state index in [1.54, 1.807) is 6.07 Å². The second-order valence-electron chi connectivity index (χ2n) is 8.40. The molecule has 8 heteroatoms. The first-order valence-corrected chi connectivity index (χ1v) is 12.6. The van der Waals surface area contributed by atoms with Crippen LogP contribution >= 0.6 is 0 Å². The van der Waals surface area contributed by atoms with Gasteiger partial charge in [0.15, 0.2) is 11.5 Å². The minimum absolute atomic E-state index is 0.122. The van der Waals surface area contributed by atoms with Crippen molar-refractivity contribution in [1.82, 2.24) is 9.62 Å². The van der Waals surface area contributed by atoms with Crippen LogP contribution in [0, 0.1) is 13.8 Å². The number of nitrogens with one attached hydrogen (secondary N) is 1. The average molecular weight is 459 g/mol. The van der Waals surface area contributed by atoms with Gasteiger partial charge in [-0.3, -0.25) is 4.79 Å². The molecule has 7 nitrogen and oxygen atoms in total.